The summed E-state index contributed by atoms with van der Waals surface area (Å²) in [7, 11) is 0. The van der Waals surface area contributed by atoms with Crippen LogP contribution < -0.4 is 10.6 Å². The highest BCUT2D eigenvalue weighted by Gasteiger charge is 2.23. The maximum Gasteiger partial charge on any atom is 0.253 e. The summed E-state index contributed by atoms with van der Waals surface area (Å²) in [5, 5.41) is 0. The standard InChI is InChI=1S/C19H23N3O/c1-14-4-3-5-16(12-14)19(23)22-10-8-21(9-11-22)18-7-6-17(20)13-15(18)2/h3-7,12-13H,8-11,20H2,1-2H3. The predicted molar refractivity (Wildman–Crippen MR) is 94.9 cm³/mol. The summed E-state index contributed by atoms with van der Waals surface area (Å²) in [6, 6.07) is 13.8. The molecule has 120 valence electrons. The van der Waals surface area contributed by atoms with E-state index in [0.717, 1.165) is 43.0 Å². The summed E-state index contributed by atoms with van der Waals surface area (Å²) in [6.07, 6.45) is 0. The first-order valence-corrected chi connectivity index (χ1v) is 8.01. The molecule has 0 bridgehead atoms. The molecular weight excluding hydrogens is 286 g/mol. The molecule has 1 saturated heterocycles. The summed E-state index contributed by atoms with van der Waals surface area (Å²) < 4.78 is 0. The van der Waals surface area contributed by atoms with Gasteiger partial charge in [0.05, 0.1) is 0 Å². The lowest BCUT2D eigenvalue weighted by molar-refractivity contribution is 0.0746. The predicted octanol–water partition coefficient (Wildman–Crippen LogP) is 2.85. The van der Waals surface area contributed by atoms with Crippen molar-refractivity contribution in [3.63, 3.8) is 0 Å². The third-order valence-corrected chi connectivity index (χ3v) is 4.39. The van der Waals surface area contributed by atoms with Crippen molar-refractivity contribution in [2.45, 2.75) is 13.8 Å². The van der Waals surface area contributed by atoms with Crippen molar-refractivity contribution in [3.8, 4) is 0 Å². The minimum Gasteiger partial charge on any atom is -0.399 e. The van der Waals surface area contributed by atoms with Crippen molar-refractivity contribution < 1.29 is 4.79 Å². The molecule has 1 aliphatic rings. The van der Waals surface area contributed by atoms with Gasteiger partial charge in [-0.2, -0.15) is 0 Å². The molecule has 2 aromatic carbocycles. The monoisotopic (exact) mass is 309 g/mol. The molecule has 1 amide bonds. The van der Waals surface area contributed by atoms with E-state index in [1.54, 1.807) is 0 Å². The molecule has 1 fully saturated rings. The van der Waals surface area contributed by atoms with Crippen molar-refractivity contribution in [2.24, 2.45) is 0 Å². The Kier molecular flexibility index (Phi) is 4.24. The number of anilines is 2. The van der Waals surface area contributed by atoms with Gasteiger partial charge in [-0.05, 0) is 49.7 Å². The molecule has 0 radical (unpaired) electrons. The number of hydrogen-bond acceptors (Lipinski definition) is 3. The smallest absolute Gasteiger partial charge is 0.253 e. The quantitative estimate of drug-likeness (QED) is 0.868. The normalized spacial score (nSPS) is 14.9. The number of aryl methyl sites for hydroxylation is 2. The molecule has 0 atom stereocenters. The fourth-order valence-corrected chi connectivity index (χ4v) is 3.14. The van der Waals surface area contributed by atoms with E-state index >= 15 is 0 Å². The fourth-order valence-electron chi connectivity index (χ4n) is 3.14. The molecular formula is C19H23N3O. The molecule has 2 aromatic rings. The Morgan fingerprint density at radius 1 is 1.00 bits per heavy atom. The summed E-state index contributed by atoms with van der Waals surface area (Å²) >= 11 is 0. The van der Waals surface area contributed by atoms with Crippen LogP contribution in [0.25, 0.3) is 0 Å². The lowest BCUT2D eigenvalue weighted by Crippen LogP contribution is -2.49. The third-order valence-electron chi connectivity index (χ3n) is 4.39. The zero-order chi connectivity index (χ0) is 16.4. The average Bonchev–Trinajstić information content (AvgIpc) is 2.54. The van der Waals surface area contributed by atoms with Crippen LogP contribution in [0, 0.1) is 13.8 Å². The molecule has 1 aliphatic heterocycles. The van der Waals surface area contributed by atoms with E-state index in [0.29, 0.717) is 0 Å². The number of piperazine rings is 1. The van der Waals surface area contributed by atoms with Gasteiger partial charge < -0.3 is 15.5 Å². The molecule has 4 heteroatoms. The van der Waals surface area contributed by atoms with E-state index in [-0.39, 0.29) is 5.91 Å². The first-order chi connectivity index (χ1) is 11.0. The molecule has 1 heterocycles. The first-order valence-electron chi connectivity index (χ1n) is 8.01. The number of amides is 1. The first kappa shape index (κ1) is 15.4. The van der Waals surface area contributed by atoms with Gasteiger partial charge in [-0.15, -0.1) is 0 Å². The van der Waals surface area contributed by atoms with Crippen molar-refractivity contribution in [1.82, 2.24) is 4.90 Å². The van der Waals surface area contributed by atoms with Crippen molar-refractivity contribution >= 4 is 17.3 Å². The summed E-state index contributed by atoms with van der Waals surface area (Å²) in [4.78, 5) is 16.9. The zero-order valence-corrected chi connectivity index (χ0v) is 13.7. The number of rotatable bonds is 2. The van der Waals surface area contributed by atoms with Crippen molar-refractivity contribution in [1.29, 1.82) is 0 Å². The van der Waals surface area contributed by atoms with Crippen molar-refractivity contribution in [3.05, 3.63) is 59.2 Å². The Hall–Kier alpha value is -2.49. The van der Waals surface area contributed by atoms with Crippen LogP contribution in [0.2, 0.25) is 0 Å². The zero-order valence-electron chi connectivity index (χ0n) is 13.7. The van der Waals surface area contributed by atoms with E-state index in [2.05, 4.69) is 17.9 Å². The number of nitrogens with two attached hydrogens (primary N) is 1. The van der Waals surface area contributed by atoms with Crippen LogP contribution in [0.5, 0.6) is 0 Å². The minimum absolute atomic E-state index is 0.127. The summed E-state index contributed by atoms with van der Waals surface area (Å²) in [6.45, 7) is 7.28. The number of hydrogen-bond donors (Lipinski definition) is 1. The van der Waals surface area contributed by atoms with Gasteiger partial charge in [0.2, 0.25) is 0 Å². The minimum atomic E-state index is 0.127. The summed E-state index contributed by atoms with van der Waals surface area (Å²) in [5.74, 6) is 0.127. The second-order valence-electron chi connectivity index (χ2n) is 6.19. The molecule has 0 saturated carbocycles. The number of benzene rings is 2. The van der Waals surface area contributed by atoms with Gasteiger partial charge in [0, 0.05) is 43.1 Å². The summed E-state index contributed by atoms with van der Waals surface area (Å²) in [5.41, 5.74) is 10.9. The maximum absolute atomic E-state index is 12.6. The molecule has 4 nitrogen and oxygen atoms in total. The molecule has 2 N–H and O–H groups in total. The van der Waals surface area contributed by atoms with E-state index in [4.69, 9.17) is 5.73 Å². The molecule has 0 aromatic heterocycles. The second kappa shape index (κ2) is 6.32. The Morgan fingerprint density at radius 3 is 2.39 bits per heavy atom. The molecule has 0 spiro atoms. The number of nitrogen functional groups attached to an aromatic ring is 1. The van der Waals surface area contributed by atoms with Crippen LogP contribution in [0.15, 0.2) is 42.5 Å². The second-order valence-corrected chi connectivity index (χ2v) is 6.19. The van der Waals surface area contributed by atoms with E-state index in [1.165, 1.54) is 11.3 Å². The Balaban J connectivity index is 1.67. The van der Waals surface area contributed by atoms with E-state index in [1.807, 2.05) is 48.2 Å². The third kappa shape index (κ3) is 3.31. The number of carbonyl (C=O) groups is 1. The fraction of sp³-hybridized carbons (Fsp3) is 0.316. The van der Waals surface area contributed by atoms with Crippen LogP contribution >= 0.6 is 0 Å². The number of nitrogens with zero attached hydrogens (tertiary/aromatic N) is 2. The molecule has 23 heavy (non-hydrogen) atoms. The maximum atomic E-state index is 12.6. The van der Waals surface area contributed by atoms with Crippen LogP contribution in [-0.2, 0) is 0 Å². The van der Waals surface area contributed by atoms with Crippen LogP contribution in [-0.4, -0.2) is 37.0 Å². The lowest BCUT2D eigenvalue weighted by atomic mass is 10.1. The van der Waals surface area contributed by atoms with E-state index in [9.17, 15) is 4.79 Å². The Bertz CT molecular complexity index is 718. The van der Waals surface area contributed by atoms with Gasteiger partial charge in [0.25, 0.3) is 5.91 Å². The van der Waals surface area contributed by atoms with Gasteiger partial charge in [-0.1, -0.05) is 17.7 Å². The highest BCUT2D eigenvalue weighted by Crippen LogP contribution is 2.24. The lowest BCUT2D eigenvalue weighted by Gasteiger charge is -2.37. The molecule has 0 unspecified atom stereocenters. The van der Waals surface area contributed by atoms with Gasteiger partial charge in [-0.25, -0.2) is 0 Å². The Morgan fingerprint density at radius 2 is 1.74 bits per heavy atom. The molecule has 0 aliphatic carbocycles. The van der Waals surface area contributed by atoms with Gasteiger partial charge in [0.15, 0.2) is 0 Å². The SMILES string of the molecule is Cc1cccc(C(=O)N2CCN(c3ccc(N)cc3C)CC2)c1. The average molecular weight is 309 g/mol. The van der Waals surface area contributed by atoms with Crippen molar-refractivity contribution in [2.75, 3.05) is 36.8 Å². The van der Waals surface area contributed by atoms with Gasteiger partial charge in [-0.3, -0.25) is 4.79 Å². The largest absolute Gasteiger partial charge is 0.399 e. The van der Waals surface area contributed by atoms with Crippen LogP contribution in [0.1, 0.15) is 21.5 Å². The van der Waals surface area contributed by atoms with Gasteiger partial charge >= 0.3 is 0 Å². The highest BCUT2D eigenvalue weighted by molar-refractivity contribution is 5.94. The van der Waals surface area contributed by atoms with Crippen LogP contribution in [0.4, 0.5) is 11.4 Å². The Labute approximate surface area is 137 Å². The number of carbonyl (C=O) groups excluding carboxylic acids is 1. The van der Waals surface area contributed by atoms with Gasteiger partial charge in [0.1, 0.15) is 0 Å². The molecule has 3 rings (SSSR count). The highest BCUT2D eigenvalue weighted by atomic mass is 16.2. The topological polar surface area (TPSA) is 49.6 Å². The van der Waals surface area contributed by atoms with Crippen LogP contribution in [0.3, 0.4) is 0 Å². The van der Waals surface area contributed by atoms with E-state index < -0.39 is 0 Å².